The Hall–Kier alpha value is -2.19. The quantitative estimate of drug-likeness (QED) is 0.611. The van der Waals surface area contributed by atoms with Gasteiger partial charge in [-0.1, -0.05) is 12.1 Å². The summed E-state index contributed by atoms with van der Waals surface area (Å²) in [6.45, 7) is 6.84. The first-order chi connectivity index (χ1) is 13.5. The number of rotatable bonds is 5. The van der Waals surface area contributed by atoms with Crippen LogP contribution >= 0.6 is 11.3 Å². The summed E-state index contributed by atoms with van der Waals surface area (Å²) in [5.74, 6) is 0.615. The summed E-state index contributed by atoms with van der Waals surface area (Å²) in [5.41, 5.74) is 1.93. The molecule has 0 radical (unpaired) electrons. The second-order valence-corrected chi connectivity index (χ2v) is 7.91. The van der Waals surface area contributed by atoms with Crippen molar-refractivity contribution in [2.75, 3.05) is 38.6 Å². The van der Waals surface area contributed by atoms with E-state index in [-0.39, 0.29) is 18.0 Å². The summed E-state index contributed by atoms with van der Waals surface area (Å²) in [5, 5.41) is 6.40. The fourth-order valence-electron chi connectivity index (χ4n) is 3.14. The van der Waals surface area contributed by atoms with Crippen molar-refractivity contribution in [1.29, 1.82) is 0 Å². The molecule has 0 saturated carbocycles. The summed E-state index contributed by atoms with van der Waals surface area (Å²) in [6.07, 6.45) is -0.0694. The number of hydrogen-bond donors (Lipinski definition) is 1. The Morgan fingerprint density at radius 3 is 2.75 bits per heavy atom. The summed E-state index contributed by atoms with van der Waals surface area (Å²) < 4.78 is 19.4. The van der Waals surface area contributed by atoms with Crippen LogP contribution < -0.4 is 10.2 Å². The molecular formula is C20H28FN5OS. The summed E-state index contributed by atoms with van der Waals surface area (Å²) in [6, 6.07) is 6.54. The van der Waals surface area contributed by atoms with Gasteiger partial charge in [-0.3, -0.25) is 0 Å². The smallest absolute Gasteiger partial charge is 0.194 e. The van der Waals surface area contributed by atoms with Crippen molar-refractivity contribution in [3.05, 3.63) is 46.7 Å². The predicted octanol–water partition coefficient (Wildman–Crippen LogP) is 3.28. The van der Waals surface area contributed by atoms with Crippen LogP contribution in [-0.4, -0.2) is 55.7 Å². The standard InChI is InChI=1S/C20H28FN5OS/c1-5-22-19(23-10-17-13-28-20(24-17)25(3)4)26-11-14(2)27-18(12-26)15-6-8-16(21)9-7-15/h6-9,13-14,18H,5,10-12H2,1-4H3,(H,22,23). The molecule has 1 fully saturated rings. The van der Waals surface area contributed by atoms with Crippen molar-refractivity contribution in [1.82, 2.24) is 15.2 Å². The molecule has 2 unspecified atom stereocenters. The van der Waals surface area contributed by atoms with Gasteiger partial charge in [0.1, 0.15) is 11.9 Å². The van der Waals surface area contributed by atoms with E-state index in [0.29, 0.717) is 13.1 Å². The number of guanidine groups is 1. The fourth-order valence-corrected chi connectivity index (χ4v) is 3.89. The second kappa shape index (κ2) is 9.34. The molecule has 0 bridgehead atoms. The maximum absolute atomic E-state index is 13.3. The topological polar surface area (TPSA) is 53.0 Å². The third-order valence-corrected chi connectivity index (χ3v) is 5.51. The van der Waals surface area contributed by atoms with Gasteiger partial charge in [-0.15, -0.1) is 11.3 Å². The zero-order valence-corrected chi connectivity index (χ0v) is 17.7. The molecule has 6 nitrogen and oxygen atoms in total. The van der Waals surface area contributed by atoms with Crippen LogP contribution in [0.4, 0.5) is 9.52 Å². The molecule has 2 atom stereocenters. The predicted molar refractivity (Wildman–Crippen MR) is 113 cm³/mol. The van der Waals surface area contributed by atoms with E-state index in [9.17, 15) is 4.39 Å². The maximum atomic E-state index is 13.3. The summed E-state index contributed by atoms with van der Waals surface area (Å²) >= 11 is 1.62. The van der Waals surface area contributed by atoms with Crippen LogP contribution in [0.25, 0.3) is 0 Å². The minimum absolute atomic E-state index is 0.0484. The number of nitrogens with one attached hydrogen (secondary N) is 1. The van der Waals surface area contributed by atoms with E-state index in [1.54, 1.807) is 23.5 Å². The lowest BCUT2D eigenvalue weighted by Gasteiger charge is -2.38. The zero-order chi connectivity index (χ0) is 20.1. The Balaban J connectivity index is 1.74. The van der Waals surface area contributed by atoms with Gasteiger partial charge >= 0.3 is 0 Å². The molecule has 1 aliphatic heterocycles. The molecule has 152 valence electrons. The van der Waals surface area contributed by atoms with E-state index in [0.717, 1.165) is 35.4 Å². The largest absolute Gasteiger partial charge is 0.367 e. The van der Waals surface area contributed by atoms with Gasteiger partial charge in [-0.05, 0) is 31.5 Å². The molecule has 3 rings (SSSR count). The number of hydrogen-bond acceptors (Lipinski definition) is 5. The molecule has 0 aliphatic carbocycles. The molecule has 0 spiro atoms. The number of benzene rings is 1. The van der Waals surface area contributed by atoms with Gasteiger partial charge < -0.3 is 19.9 Å². The number of ether oxygens (including phenoxy) is 1. The first-order valence-corrected chi connectivity index (χ1v) is 10.4. The number of halogens is 1. The Morgan fingerprint density at radius 1 is 1.36 bits per heavy atom. The van der Waals surface area contributed by atoms with E-state index in [1.807, 2.05) is 24.4 Å². The molecule has 8 heteroatoms. The van der Waals surface area contributed by atoms with Crippen molar-refractivity contribution in [2.24, 2.45) is 4.99 Å². The zero-order valence-electron chi connectivity index (χ0n) is 16.9. The molecule has 1 saturated heterocycles. The molecule has 28 heavy (non-hydrogen) atoms. The van der Waals surface area contributed by atoms with E-state index in [2.05, 4.69) is 29.0 Å². The molecule has 1 N–H and O–H groups in total. The third-order valence-electron chi connectivity index (χ3n) is 4.45. The first kappa shape index (κ1) is 20.5. The average molecular weight is 406 g/mol. The lowest BCUT2D eigenvalue weighted by Crippen LogP contribution is -2.50. The highest BCUT2D eigenvalue weighted by atomic mass is 32.1. The number of aliphatic imine (C=N–C) groups is 1. The van der Waals surface area contributed by atoms with Gasteiger partial charge in [0.15, 0.2) is 11.1 Å². The third kappa shape index (κ3) is 5.20. The van der Waals surface area contributed by atoms with E-state index in [4.69, 9.17) is 9.73 Å². The van der Waals surface area contributed by atoms with Gasteiger partial charge in [0, 0.05) is 32.6 Å². The minimum atomic E-state index is -0.236. The van der Waals surface area contributed by atoms with Crippen LogP contribution in [0.1, 0.15) is 31.2 Å². The van der Waals surface area contributed by atoms with Crippen molar-refractivity contribution in [2.45, 2.75) is 32.6 Å². The normalized spacial score (nSPS) is 20.3. The number of anilines is 1. The van der Waals surface area contributed by atoms with Crippen LogP contribution in [0.3, 0.4) is 0 Å². The van der Waals surface area contributed by atoms with Crippen molar-refractivity contribution >= 4 is 22.4 Å². The maximum Gasteiger partial charge on any atom is 0.194 e. The monoisotopic (exact) mass is 405 g/mol. The average Bonchev–Trinajstić information content (AvgIpc) is 3.14. The lowest BCUT2D eigenvalue weighted by atomic mass is 10.1. The second-order valence-electron chi connectivity index (χ2n) is 7.08. The summed E-state index contributed by atoms with van der Waals surface area (Å²) in [7, 11) is 3.97. The molecule has 2 heterocycles. The lowest BCUT2D eigenvalue weighted by molar-refractivity contribution is -0.0605. The molecular weight excluding hydrogens is 377 g/mol. The van der Waals surface area contributed by atoms with Crippen molar-refractivity contribution in [3.63, 3.8) is 0 Å². The number of morpholine rings is 1. The van der Waals surface area contributed by atoms with E-state index >= 15 is 0 Å². The SMILES string of the molecule is CCNC(=NCc1csc(N(C)C)n1)N1CC(C)OC(c2ccc(F)cc2)C1. The summed E-state index contributed by atoms with van der Waals surface area (Å²) in [4.78, 5) is 13.6. The number of thiazole rings is 1. The van der Waals surface area contributed by atoms with Crippen LogP contribution in [0.5, 0.6) is 0 Å². The molecule has 1 aromatic heterocycles. The Labute approximate surface area is 170 Å². The number of nitrogens with zero attached hydrogens (tertiary/aromatic N) is 4. The van der Waals surface area contributed by atoms with Crippen LogP contribution in [-0.2, 0) is 11.3 Å². The van der Waals surface area contributed by atoms with Crippen LogP contribution in [0.2, 0.25) is 0 Å². The molecule has 2 aromatic rings. The fraction of sp³-hybridized carbons (Fsp3) is 0.500. The van der Waals surface area contributed by atoms with Gasteiger partial charge in [0.05, 0.1) is 24.9 Å². The van der Waals surface area contributed by atoms with Crippen molar-refractivity contribution in [3.8, 4) is 0 Å². The Morgan fingerprint density at radius 2 is 2.11 bits per heavy atom. The van der Waals surface area contributed by atoms with Gasteiger partial charge in [-0.25, -0.2) is 14.4 Å². The van der Waals surface area contributed by atoms with E-state index in [1.165, 1.54) is 12.1 Å². The van der Waals surface area contributed by atoms with Crippen LogP contribution in [0, 0.1) is 5.82 Å². The van der Waals surface area contributed by atoms with Gasteiger partial charge in [-0.2, -0.15) is 0 Å². The molecule has 0 amide bonds. The molecule has 1 aromatic carbocycles. The minimum Gasteiger partial charge on any atom is -0.367 e. The van der Waals surface area contributed by atoms with Crippen LogP contribution in [0.15, 0.2) is 34.6 Å². The number of aromatic nitrogens is 1. The Bertz CT molecular complexity index is 792. The van der Waals surface area contributed by atoms with Gasteiger partial charge in [0.2, 0.25) is 0 Å². The van der Waals surface area contributed by atoms with Gasteiger partial charge in [0.25, 0.3) is 0 Å². The highest BCUT2D eigenvalue weighted by Crippen LogP contribution is 2.26. The highest BCUT2D eigenvalue weighted by Gasteiger charge is 2.28. The van der Waals surface area contributed by atoms with Crippen molar-refractivity contribution < 1.29 is 9.13 Å². The van der Waals surface area contributed by atoms with E-state index < -0.39 is 0 Å². The Kier molecular flexibility index (Phi) is 6.85. The first-order valence-electron chi connectivity index (χ1n) is 9.52. The highest BCUT2D eigenvalue weighted by molar-refractivity contribution is 7.13. The molecule has 1 aliphatic rings.